The summed E-state index contributed by atoms with van der Waals surface area (Å²) in [4.78, 5) is 51.7. The number of para-hydroxylation sites is 4. The molecule has 6 aromatic heterocycles. The van der Waals surface area contributed by atoms with E-state index in [1.807, 2.05) is 114 Å². The van der Waals surface area contributed by atoms with E-state index >= 15 is 0 Å². The van der Waals surface area contributed by atoms with E-state index in [9.17, 15) is 9.59 Å². The molecular formula is C46H36N6O4S2. The standard InChI is InChI=1S/C46H36N6O4S2/c1-45(2,3)55-43(53)51-31-19-9-7-13-25(31)39-41(51)47-29-17-11-15-27(37(29)49-39)33-21-23-35(57-33)36-24-22-34(58-36)28-16-12-18-30-38(28)50-40-26-14-8-10-20-32(26)52(42(40)48-30)44(54)56-46(4,5)6/h7-24H,1-6H3. The number of carbonyl (C=O) groups excluding carboxylic acids is 2. The quantitative estimate of drug-likeness (QED) is 0.173. The number of fused-ring (bicyclic) bond motifs is 8. The Balaban J connectivity index is 1.03. The predicted molar refractivity (Wildman–Crippen MR) is 234 cm³/mol. The molecule has 0 amide bonds. The summed E-state index contributed by atoms with van der Waals surface area (Å²) in [5.41, 5.74) is 7.10. The summed E-state index contributed by atoms with van der Waals surface area (Å²) in [6.45, 7) is 11.1. The summed E-state index contributed by atoms with van der Waals surface area (Å²) in [5, 5.41) is 1.66. The minimum Gasteiger partial charge on any atom is -0.443 e. The first-order valence-corrected chi connectivity index (χ1v) is 20.5. The highest BCUT2D eigenvalue weighted by atomic mass is 32.1. The van der Waals surface area contributed by atoms with Crippen LogP contribution >= 0.6 is 22.7 Å². The summed E-state index contributed by atoms with van der Waals surface area (Å²) in [6.07, 6.45) is -0.979. The Kier molecular flexibility index (Phi) is 8.05. The van der Waals surface area contributed by atoms with Crippen molar-refractivity contribution >= 4 is 101 Å². The van der Waals surface area contributed by atoms with E-state index in [0.29, 0.717) is 44.4 Å². The highest BCUT2D eigenvalue weighted by Gasteiger charge is 2.27. The van der Waals surface area contributed by atoms with Crippen LogP contribution in [0.2, 0.25) is 0 Å². The molecule has 4 aromatic carbocycles. The number of hydrogen-bond acceptors (Lipinski definition) is 10. The average molecular weight is 801 g/mol. The Bertz CT molecular complexity index is 3100. The molecule has 0 aliphatic carbocycles. The van der Waals surface area contributed by atoms with Crippen LogP contribution in [-0.4, -0.2) is 52.5 Å². The van der Waals surface area contributed by atoms with Crippen LogP contribution < -0.4 is 0 Å². The van der Waals surface area contributed by atoms with Gasteiger partial charge in [-0.2, -0.15) is 0 Å². The van der Waals surface area contributed by atoms with Gasteiger partial charge in [-0.3, -0.25) is 0 Å². The van der Waals surface area contributed by atoms with E-state index in [4.69, 9.17) is 29.4 Å². The Hall–Kier alpha value is -6.50. The predicted octanol–water partition coefficient (Wildman–Crippen LogP) is 12.5. The van der Waals surface area contributed by atoms with Gasteiger partial charge >= 0.3 is 12.2 Å². The van der Waals surface area contributed by atoms with Gasteiger partial charge in [-0.1, -0.05) is 60.7 Å². The van der Waals surface area contributed by atoms with Crippen molar-refractivity contribution in [2.24, 2.45) is 0 Å². The molecule has 58 heavy (non-hydrogen) atoms. The third-order valence-electron chi connectivity index (χ3n) is 9.71. The zero-order chi connectivity index (χ0) is 40.1. The number of carbonyl (C=O) groups is 2. The highest BCUT2D eigenvalue weighted by Crippen LogP contribution is 2.43. The van der Waals surface area contributed by atoms with Gasteiger partial charge in [0.1, 0.15) is 22.2 Å². The Labute approximate surface area is 340 Å². The fourth-order valence-corrected chi connectivity index (χ4v) is 9.54. The van der Waals surface area contributed by atoms with Gasteiger partial charge in [0.05, 0.1) is 33.1 Å². The molecule has 0 fully saturated rings. The van der Waals surface area contributed by atoms with E-state index in [-0.39, 0.29) is 0 Å². The number of hydrogen-bond donors (Lipinski definition) is 0. The van der Waals surface area contributed by atoms with Crippen LogP contribution in [0.25, 0.3) is 96.8 Å². The second kappa shape index (κ2) is 13.0. The smallest absolute Gasteiger partial charge is 0.420 e. The Morgan fingerprint density at radius 1 is 0.466 bits per heavy atom. The number of thiophene rings is 2. The van der Waals surface area contributed by atoms with Crippen molar-refractivity contribution in [1.82, 2.24) is 29.1 Å². The molecule has 0 saturated heterocycles. The summed E-state index contributed by atoms with van der Waals surface area (Å²) in [7, 11) is 0. The van der Waals surface area contributed by atoms with E-state index in [1.165, 1.54) is 9.13 Å². The first-order chi connectivity index (χ1) is 27.8. The SMILES string of the molecule is CC(C)(C)OC(=O)n1c2ccccc2c2nc3c(-c4ccc(-c5ccc(-c6cccc7nc8c(nc67)c6ccccc6n8C(=O)OC(C)(C)C)s5)s4)cccc3nc21. The number of ether oxygens (including phenoxy) is 2. The number of nitrogens with zero attached hydrogens (tertiary/aromatic N) is 6. The Morgan fingerprint density at radius 3 is 1.28 bits per heavy atom. The van der Waals surface area contributed by atoms with Crippen LogP contribution in [0.5, 0.6) is 0 Å². The van der Waals surface area contributed by atoms with E-state index in [0.717, 1.165) is 52.4 Å². The van der Waals surface area contributed by atoms with Crippen molar-refractivity contribution in [3.63, 3.8) is 0 Å². The topological polar surface area (TPSA) is 114 Å². The molecule has 0 N–H and O–H groups in total. The molecule has 0 aliphatic heterocycles. The molecule has 10 aromatic rings. The molecule has 6 heterocycles. The van der Waals surface area contributed by atoms with Crippen LogP contribution in [0.1, 0.15) is 41.5 Å². The van der Waals surface area contributed by atoms with Crippen LogP contribution in [-0.2, 0) is 9.47 Å². The van der Waals surface area contributed by atoms with Crippen molar-refractivity contribution in [3.8, 4) is 30.6 Å². The van der Waals surface area contributed by atoms with Gasteiger partial charge in [0.15, 0.2) is 11.3 Å². The maximum Gasteiger partial charge on any atom is 0.420 e. The molecule has 286 valence electrons. The van der Waals surface area contributed by atoms with Gasteiger partial charge in [-0.15, -0.1) is 22.7 Å². The van der Waals surface area contributed by atoms with Gasteiger partial charge in [-0.25, -0.2) is 38.7 Å². The van der Waals surface area contributed by atoms with Gasteiger partial charge < -0.3 is 9.47 Å². The maximum atomic E-state index is 13.5. The lowest BCUT2D eigenvalue weighted by atomic mass is 10.1. The second-order valence-corrected chi connectivity index (χ2v) is 18.3. The lowest BCUT2D eigenvalue weighted by Gasteiger charge is -2.20. The van der Waals surface area contributed by atoms with Gasteiger partial charge in [-0.05, 0) is 90.1 Å². The van der Waals surface area contributed by atoms with E-state index in [2.05, 4.69) is 36.4 Å². The first kappa shape index (κ1) is 35.9. The minimum atomic E-state index is -0.671. The molecule has 0 bridgehead atoms. The van der Waals surface area contributed by atoms with Gasteiger partial charge in [0.2, 0.25) is 0 Å². The van der Waals surface area contributed by atoms with Crippen LogP contribution in [0.15, 0.2) is 109 Å². The average Bonchev–Trinajstić information content (AvgIpc) is 3.98. The second-order valence-electron chi connectivity index (χ2n) is 16.1. The van der Waals surface area contributed by atoms with Gasteiger partial charge in [0, 0.05) is 41.4 Å². The molecule has 12 heteroatoms. The van der Waals surface area contributed by atoms with Crippen LogP contribution in [0, 0.1) is 0 Å². The van der Waals surface area contributed by atoms with Crippen LogP contribution in [0.4, 0.5) is 9.59 Å². The maximum absolute atomic E-state index is 13.5. The monoisotopic (exact) mass is 800 g/mol. The zero-order valence-electron chi connectivity index (χ0n) is 32.5. The third-order valence-corrected chi connectivity index (χ3v) is 12.1. The molecule has 10 rings (SSSR count). The van der Waals surface area contributed by atoms with Gasteiger partial charge in [0.25, 0.3) is 0 Å². The number of aromatic nitrogens is 6. The molecule has 0 saturated carbocycles. The van der Waals surface area contributed by atoms with Crippen molar-refractivity contribution in [2.75, 3.05) is 0 Å². The number of benzene rings is 4. The highest BCUT2D eigenvalue weighted by molar-refractivity contribution is 7.25. The molecule has 0 radical (unpaired) electrons. The van der Waals surface area contributed by atoms with E-state index < -0.39 is 23.4 Å². The fourth-order valence-electron chi connectivity index (χ4n) is 7.39. The van der Waals surface area contributed by atoms with E-state index in [1.54, 1.807) is 22.7 Å². The third kappa shape index (κ3) is 5.98. The number of rotatable bonds is 3. The fraction of sp³-hybridized carbons (Fsp3) is 0.174. The van der Waals surface area contributed by atoms with Crippen molar-refractivity contribution in [2.45, 2.75) is 52.7 Å². The summed E-state index contributed by atoms with van der Waals surface area (Å²) in [6, 6.07) is 35.9. The zero-order valence-corrected chi connectivity index (χ0v) is 34.2. The largest absolute Gasteiger partial charge is 0.443 e. The van der Waals surface area contributed by atoms with Crippen molar-refractivity contribution < 1.29 is 19.1 Å². The summed E-state index contributed by atoms with van der Waals surface area (Å²) >= 11 is 3.39. The van der Waals surface area contributed by atoms with Crippen LogP contribution in [0.3, 0.4) is 0 Å². The van der Waals surface area contributed by atoms with Crippen molar-refractivity contribution in [1.29, 1.82) is 0 Å². The normalized spacial score (nSPS) is 12.4. The molecular weight excluding hydrogens is 765 g/mol. The Morgan fingerprint density at radius 2 is 0.862 bits per heavy atom. The lowest BCUT2D eigenvalue weighted by Crippen LogP contribution is -2.27. The molecule has 10 nitrogen and oxygen atoms in total. The molecule has 0 spiro atoms. The molecule has 0 aliphatic rings. The molecule has 0 unspecified atom stereocenters. The summed E-state index contributed by atoms with van der Waals surface area (Å²) < 4.78 is 14.6. The molecule has 0 atom stereocenters. The summed E-state index contributed by atoms with van der Waals surface area (Å²) in [5.74, 6) is 0. The first-order valence-electron chi connectivity index (χ1n) is 18.9. The lowest BCUT2D eigenvalue weighted by molar-refractivity contribution is 0.0539. The van der Waals surface area contributed by atoms with Crippen molar-refractivity contribution in [3.05, 3.63) is 109 Å². The minimum absolute atomic E-state index is 0.464.